The standard InChI is InChI=1S/C27H33S.C7H8O3S/c1-4-13-22-20-23(14-5-2)27(24(21-22)15-6-3)28(25-16-9-7-10-17-25)26-18-11-8-12-19-26;1-6-2-4-7(5-3-6)11(8,9)10/h7-12,16-21H,4-6,13-15H2,1-3H3;2-5H,1H3,(H,8,9,10)/q+1;/p-1. The Morgan fingerprint density at radius 3 is 1.46 bits per heavy atom. The van der Waals surface area contributed by atoms with Gasteiger partial charge >= 0.3 is 0 Å². The highest BCUT2D eigenvalue weighted by Gasteiger charge is 2.33. The van der Waals surface area contributed by atoms with Crippen molar-refractivity contribution in [3.05, 3.63) is 119 Å². The maximum absolute atomic E-state index is 10.4. The van der Waals surface area contributed by atoms with Crippen LogP contribution in [0.5, 0.6) is 0 Å². The van der Waals surface area contributed by atoms with Crippen molar-refractivity contribution in [3.63, 3.8) is 0 Å². The summed E-state index contributed by atoms with van der Waals surface area (Å²) in [4.78, 5) is 4.25. The van der Waals surface area contributed by atoms with Crippen LogP contribution in [0, 0.1) is 6.92 Å². The first-order valence-corrected chi connectivity index (χ1v) is 16.4. The van der Waals surface area contributed by atoms with E-state index in [0.717, 1.165) is 18.4 Å². The third-order valence-corrected chi connectivity index (χ3v) is 9.62. The zero-order valence-corrected chi connectivity index (χ0v) is 25.2. The molecule has 0 unspecified atom stereocenters. The topological polar surface area (TPSA) is 57.2 Å². The SMILES string of the molecule is CCCc1cc(CCC)c([S+](c2ccccc2)c2ccccc2)c(CCC)c1.Cc1ccc(S(=O)(=O)[O-])cc1. The summed E-state index contributed by atoms with van der Waals surface area (Å²) in [5.74, 6) is 0. The second kappa shape index (κ2) is 15.1. The highest BCUT2D eigenvalue weighted by atomic mass is 32.2. The summed E-state index contributed by atoms with van der Waals surface area (Å²) in [6.45, 7) is 8.71. The van der Waals surface area contributed by atoms with Crippen LogP contribution in [0.1, 0.15) is 62.3 Å². The number of hydrogen-bond acceptors (Lipinski definition) is 3. The van der Waals surface area contributed by atoms with Crippen LogP contribution < -0.4 is 0 Å². The van der Waals surface area contributed by atoms with Crippen molar-refractivity contribution in [2.45, 2.75) is 85.8 Å². The van der Waals surface area contributed by atoms with Crippen LogP contribution in [0.2, 0.25) is 0 Å². The number of hydrogen-bond donors (Lipinski definition) is 0. The lowest BCUT2D eigenvalue weighted by atomic mass is 9.97. The van der Waals surface area contributed by atoms with Crippen LogP contribution in [0.4, 0.5) is 0 Å². The fraction of sp³-hybridized carbons (Fsp3) is 0.294. The lowest BCUT2D eigenvalue weighted by Gasteiger charge is -2.17. The van der Waals surface area contributed by atoms with E-state index in [2.05, 4.69) is 93.6 Å². The first kappa shape index (κ1) is 30.7. The summed E-state index contributed by atoms with van der Waals surface area (Å²) in [5.41, 5.74) is 5.57. The fourth-order valence-electron chi connectivity index (χ4n) is 4.62. The Balaban J connectivity index is 0.000000320. The smallest absolute Gasteiger partial charge is 0.172 e. The third-order valence-electron chi connectivity index (χ3n) is 6.35. The van der Waals surface area contributed by atoms with Gasteiger partial charge in [0.25, 0.3) is 0 Å². The second-order valence-electron chi connectivity index (χ2n) is 9.69. The molecule has 0 atom stereocenters. The zero-order valence-electron chi connectivity index (χ0n) is 23.5. The Bertz CT molecular complexity index is 1330. The summed E-state index contributed by atoms with van der Waals surface area (Å²) in [6, 6.07) is 33.0. The van der Waals surface area contributed by atoms with Crippen molar-refractivity contribution in [2.75, 3.05) is 0 Å². The van der Waals surface area contributed by atoms with Gasteiger partial charge in [-0.05, 0) is 68.1 Å². The van der Waals surface area contributed by atoms with Crippen molar-refractivity contribution in [3.8, 4) is 0 Å². The lowest BCUT2D eigenvalue weighted by Crippen LogP contribution is -2.12. The molecule has 4 aromatic rings. The van der Waals surface area contributed by atoms with Crippen LogP contribution >= 0.6 is 0 Å². The van der Waals surface area contributed by atoms with Crippen LogP contribution in [-0.4, -0.2) is 13.0 Å². The average Bonchev–Trinajstić information content (AvgIpc) is 2.92. The highest BCUT2D eigenvalue weighted by Crippen LogP contribution is 2.37. The first-order chi connectivity index (χ1) is 18.8. The van der Waals surface area contributed by atoms with Gasteiger partial charge in [0.15, 0.2) is 14.7 Å². The van der Waals surface area contributed by atoms with Gasteiger partial charge in [-0.15, -0.1) is 0 Å². The van der Waals surface area contributed by atoms with Crippen molar-refractivity contribution >= 4 is 21.0 Å². The summed E-state index contributed by atoms with van der Waals surface area (Å²) in [7, 11) is -4.32. The first-order valence-electron chi connectivity index (χ1n) is 13.8. The summed E-state index contributed by atoms with van der Waals surface area (Å²) < 4.78 is 31.2. The van der Waals surface area contributed by atoms with E-state index in [1.807, 2.05) is 6.92 Å². The van der Waals surface area contributed by atoms with Gasteiger partial charge in [0.1, 0.15) is 10.1 Å². The monoisotopic (exact) mass is 560 g/mol. The maximum atomic E-state index is 10.4. The molecule has 0 aromatic heterocycles. The molecule has 39 heavy (non-hydrogen) atoms. The van der Waals surface area contributed by atoms with E-state index in [-0.39, 0.29) is 15.8 Å². The Morgan fingerprint density at radius 2 is 1.08 bits per heavy atom. The Hall–Kier alpha value is -2.86. The summed E-state index contributed by atoms with van der Waals surface area (Å²) in [6.07, 6.45) is 7.08. The van der Waals surface area contributed by atoms with Crippen molar-refractivity contribution in [2.24, 2.45) is 0 Å². The molecule has 3 nitrogen and oxygen atoms in total. The van der Waals surface area contributed by atoms with Crippen molar-refractivity contribution in [1.82, 2.24) is 0 Å². The molecule has 4 aromatic carbocycles. The number of rotatable bonds is 10. The Labute approximate surface area is 238 Å². The van der Waals surface area contributed by atoms with E-state index in [0.29, 0.717) is 0 Å². The van der Waals surface area contributed by atoms with E-state index in [1.165, 1.54) is 53.2 Å². The molecule has 206 valence electrons. The van der Waals surface area contributed by atoms with Gasteiger partial charge in [0.05, 0.1) is 15.8 Å². The third kappa shape index (κ3) is 8.82. The van der Waals surface area contributed by atoms with Gasteiger partial charge in [-0.3, -0.25) is 0 Å². The van der Waals surface area contributed by atoms with Gasteiger partial charge in [-0.2, -0.15) is 0 Å². The normalized spacial score (nSPS) is 11.2. The van der Waals surface area contributed by atoms with Gasteiger partial charge in [-0.1, -0.05) is 106 Å². The fourth-order valence-corrected chi connectivity index (χ4v) is 7.54. The predicted molar refractivity (Wildman–Crippen MR) is 163 cm³/mol. The Morgan fingerprint density at radius 1 is 0.641 bits per heavy atom. The quantitative estimate of drug-likeness (QED) is 0.144. The molecule has 0 saturated carbocycles. The Kier molecular flexibility index (Phi) is 11.9. The minimum atomic E-state index is -4.27. The molecule has 0 saturated heterocycles. The lowest BCUT2D eigenvalue weighted by molar-refractivity contribution is 0.463. The van der Waals surface area contributed by atoms with E-state index in [1.54, 1.807) is 28.2 Å². The van der Waals surface area contributed by atoms with Gasteiger partial charge in [-0.25, -0.2) is 8.42 Å². The van der Waals surface area contributed by atoms with Gasteiger partial charge < -0.3 is 4.55 Å². The molecule has 0 fully saturated rings. The van der Waals surface area contributed by atoms with Crippen LogP contribution in [0.3, 0.4) is 0 Å². The molecule has 0 aliphatic rings. The minimum absolute atomic E-state index is 0.0529. The minimum Gasteiger partial charge on any atom is -0.744 e. The summed E-state index contributed by atoms with van der Waals surface area (Å²) in [5, 5.41) is 0. The molecule has 0 bridgehead atoms. The molecule has 4 rings (SSSR count). The molecule has 0 aliphatic carbocycles. The molecular formula is C34H40O3S2. The van der Waals surface area contributed by atoms with E-state index >= 15 is 0 Å². The molecular weight excluding hydrogens is 521 g/mol. The predicted octanol–water partition coefficient (Wildman–Crippen LogP) is 8.54. The molecule has 0 heterocycles. The van der Waals surface area contributed by atoms with E-state index in [9.17, 15) is 13.0 Å². The molecule has 0 N–H and O–H groups in total. The highest BCUT2D eigenvalue weighted by molar-refractivity contribution is 7.97. The average molecular weight is 561 g/mol. The second-order valence-corrected chi connectivity index (χ2v) is 13.0. The van der Waals surface area contributed by atoms with Crippen LogP contribution in [0.15, 0.2) is 117 Å². The van der Waals surface area contributed by atoms with Crippen LogP contribution in [0.25, 0.3) is 0 Å². The van der Waals surface area contributed by atoms with Gasteiger partial charge in [0, 0.05) is 11.1 Å². The molecule has 5 heteroatoms. The van der Waals surface area contributed by atoms with E-state index < -0.39 is 10.1 Å². The number of aryl methyl sites for hydroxylation is 4. The molecule has 0 radical (unpaired) electrons. The largest absolute Gasteiger partial charge is 0.744 e. The zero-order chi connectivity index (χ0) is 28.3. The number of benzene rings is 4. The van der Waals surface area contributed by atoms with E-state index in [4.69, 9.17) is 0 Å². The van der Waals surface area contributed by atoms with Gasteiger partial charge in [0.2, 0.25) is 0 Å². The van der Waals surface area contributed by atoms with Crippen LogP contribution in [-0.2, 0) is 40.3 Å². The summed E-state index contributed by atoms with van der Waals surface area (Å²) >= 11 is 0. The molecule has 0 amide bonds. The van der Waals surface area contributed by atoms with Crippen molar-refractivity contribution in [1.29, 1.82) is 0 Å². The van der Waals surface area contributed by atoms with Crippen molar-refractivity contribution < 1.29 is 13.0 Å². The molecule has 0 aliphatic heterocycles. The maximum Gasteiger partial charge on any atom is 0.172 e. The molecule has 0 spiro atoms.